The van der Waals surface area contributed by atoms with Crippen LogP contribution in [0.4, 0.5) is 4.79 Å². The number of hydrogen-bond donors (Lipinski definition) is 1. The maximum atomic E-state index is 12.3. The molecule has 2 fully saturated rings. The van der Waals surface area contributed by atoms with Crippen LogP contribution in [0.1, 0.15) is 73.1 Å². The second-order valence-corrected chi connectivity index (χ2v) is 8.25. The molecule has 1 saturated carbocycles. The molecule has 3 atom stereocenters. The minimum atomic E-state index is -0.410. The second kappa shape index (κ2) is 7.20. The van der Waals surface area contributed by atoms with Crippen LogP contribution in [-0.4, -0.2) is 41.3 Å². The van der Waals surface area contributed by atoms with Crippen molar-refractivity contribution >= 4 is 6.09 Å². The monoisotopic (exact) mass is 310 g/mol. The standard InChI is InChI=1S/C18H34N2O2/c1-13(19-14(2)15-8-6-9-15)12-16-10-7-11-20(16)17(21)22-18(3,4)5/h13-16,19H,6-12H2,1-5H3. The summed E-state index contributed by atoms with van der Waals surface area (Å²) in [5.74, 6) is 0.855. The highest BCUT2D eigenvalue weighted by molar-refractivity contribution is 5.68. The molecule has 3 unspecified atom stereocenters. The van der Waals surface area contributed by atoms with E-state index in [0.717, 1.165) is 31.7 Å². The first-order valence-corrected chi connectivity index (χ1v) is 9.02. The van der Waals surface area contributed by atoms with Gasteiger partial charge in [0, 0.05) is 24.7 Å². The van der Waals surface area contributed by atoms with Crippen molar-refractivity contribution in [2.75, 3.05) is 6.54 Å². The third kappa shape index (κ3) is 4.87. The van der Waals surface area contributed by atoms with Gasteiger partial charge in [-0.3, -0.25) is 0 Å². The molecule has 1 N–H and O–H groups in total. The molecule has 22 heavy (non-hydrogen) atoms. The van der Waals surface area contributed by atoms with E-state index < -0.39 is 5.60 Å². The predicted molar refractivity (Wildman–Crippen MR) is 90.0 cm³/mol. The van der Waals surface area contributed by atoms with Crippen LogP contribution in [0.5, 0.6) is 0 Å². The van der Waals surface area contributed by atoms with Crippen LogP contribution >= 0.6 is 0 Å². The topological polar surface area (TPSA) is 41.6 Å². The fourth-order valence-electron chi connectivity index (χ4n) is 3.64. The second-order valence-electron chi connectivity index (χ2n) is 8.25. The number of hydrogen-bond acceptors (Lipinski definition) is 3. The van der Waals surface area contributed by atoms with E-state index >= 15 is 0 Å². The zero-order valence-electron chi connectivity index (χ0n) is 15.0. The normalized spacial score (nSPS) is 25.7. The molecule has 1 heterocycles. The van der Waals surface area contributed by atoms with Crippen molar-refractivity contribution in [2.24, 2.45) is 5.92 Å². The minimum Gasteiger partial charge on any atom is -0.444 e. The molecule has 1 aliphatic heterocycles. The first-order valence-electron chi connectivity index (χ1n) is 9.02. The van der Waals surface area contributed by atoms with Crippen molar-refractivity contribution in [1.82, 2.24) is 10.2 Å². The quantitative estimate of drug-likeness (QED) is 0.836. The van der Waals surface area contributed by atoms with Gasteiger partial charge in [0.05, 0.1) is 0 Å². The number of nitrogens with one attached hydrogen (secondary N) is 1. The smallest absolute Gasteiger partial charge is 0.410 e. The van der Waals surface area contributed by atoms with Crippen LogP contribution < -0.4 is 5.32 Å². The molecule has 0 aromatic carbocycles. The van der Waals surface area contributed by atoms with Gasteiger partial charge >= 0.3 is 6.09 Å². The van der Waals surface area contributed by atoms with Crippen LogP contribution in [0, 0.1) is 5.92 Å². The summed E-state index contributed by atoms with van der Waals surface area (Å²) >= 11 is 0. The van der Waals surface area contributed by atoms with Gasteiger partial charge in [-0.2, -0.15) is 0 Å². The fraction of sp³-hybridized carbons (Fsp3) is 0.944. The van der Waals surface area contributed by atoms with Gasteiger partial charge in [-0.15, -0.1) is 0 Å². The van der Waals surface area contributed by atoms with Gasteiger partial charge < -0.3 is 15.0 Å². The van der Waals surface area contributed by atoms with Gasteiger partial charge in [0.1, 0.15) is 5.60 Å². The van der Waals surface area contributed by atoms with E-state index in [-0.39, 0.29) is 6.09 Å². The highest BCUT2D eigenvalue weighted by Crippen LogP contribution is 2.30. The summed E-state index contributed by atoms with van der Waals surface area (Å²) in [6.07, 6.45) is 7.20. The summed E-state index contributed by atoms with van der Waals surface area (Å²) in [7, 11) is 0. The van der Waals surface area contributed by atoms with Crippen LogP contribution in [-0.2, 0) is 4.74 Å². The number of rotatable bonds is 5. The maximum Gasteiger partial charge on any atom is 0.410 e. The number of nitrogens with zero attached hydrogens (tertiary/aromatic N) is 1. The lowest BCUT2D eigenvalue weighted by molar-refractivity contribution is 0.0213. The van der Waals surface area contributed by atoms with Crippen molar-refractivity contribution in [3.63, 3.8) is 0 Å². The third-order valence-corrected chi connectivity index (χ3v) is 5.04. The van der Waals surface area contributed by atoms with Gasteiger partial charge in [-0.1, -0.05) is 6.42 Å². The van der Waals surface area contributed by atoms with E-state index in [1.54, 1.807) is 0 Å². The Bertz CT molecular complexity index is 374. The Hall–Kier alpha value is -0.770. The molecule has 0 bridgehead atoms. The molecule has 1 amide bonds. The highest BCUT2D eigenvalue weighted by atomic mass is 16.6. The molecular formula is C18H34N2O2. The Morgan fingerprint density at radius 2 is 1.91 bits per heavy atom. The SMILES string of the molecule is CC(CC1CCCN1C(=O)OC(C)(C)C)NC(C)C1CCC1. The van der Waals surface area contributed by atoms with Crippen LogP contribution in [0.25, 0.3) is 0 Å². The summed E-state index contributed by atoms with van der Waals surface area (Å²) in [6, 6.07) is 1.37. The molecule has 128 valence electrons. The Kier molecular flexibility index (Phi) is 5.76. The molecule has 4 heteroatoms. The maximum absolute atomic E-state index is 12.3. The first kappa shape index (κ1) is 17.6. The molecule has 0 radical (unpaired) electrons. The zero-order valence-corrected chi connectivity index (χ0v) is 15.0. The molecule has 2 rings (SSSR count). The summed E-state index contributed by atoms with van der Waals surface area (Å²) in [5, 5.41) is 3.74. The number of ether oxygens (including phenoxy) is 1. The van der Waals surface area contributed by atoms with Crippen molar-refractivity contribution in [3.8, 4) is 0 Å². The fourth-order valence-corrected chi connectivity index (χ4v) is 3.64. The average Bonchev–Trinajstić information content (AvgIpc) is 2.71. The Morgan fingerprint density at radius 3 is 2.45 bits per heavy atom. The van der Waals surface area contributed by atoms with Crippen molar-refractivity contribution < 1.29 is 9.53 Å². The van der Waals surface area contributed by atoms with E-state index in [9.17, 15) is 4.79 Å². The lowest BCUT2D eigenvalue weighted by Crippen LogP contribution is -2.46. The van der Waals surface area contributed by atoms with Gasteiger partial charge in [0.25, 0.3) is 0 Å². The molecule has 1 aliphatic carbocycles. The number of carbonyl (C=O) groups excluding carboxylic acids is 1. The van der Waals surface area contributed by atoms with E-state index in [0.29, 0.717) is 18.1 Å². The Morgan fingerprint density at radius 1 is 1.23 bits per heavy atom. The van der Waals surface area contributed by atoms with Crippen molar-refractivity contribution in [2.45, 2.75) is 96.9 Å². The largest absolute Gasteiger partial charge is 0.444 e. The van der Waals surface area contributed by atoms with E-state index in [1.165, 1.54) is 19.3 Å². The third-order valence-electron chi connectivity index (χ3n) is 5.04. The summed E-state index contributed by atoms with van der Waals surface area (Å²) in [4.78, 5) is 14.3. The van der Waals surface area contributed by atoms with Gasteiger partial charge in [0.2, 0.25) is 0 Å². The number of amides is 1. The summed E-state index contributed by atoms with van der Waals surface area (Å²) < 4.78 is 5.55. The predicted octanol–water partition coefficient (Wildman–Crippen LogP) is 3.94. The van der Waals surface area contributed by atoms with Crippen LogP contribution in [0.2, 0.25) is 0 Å². The summed E-state index contributed by atoms with van der Waals surface area (Å²) in [5.41, 5.74) is -0.410. The minimum absolute atomic E-state index is 0.144. The first-order chi connectivity index (χ1) is 10.3. The number of carbonyl (C=O) groups is 1. The van der Waals surface area contributed by atoms with Gasteiger partial charge in [-0.25, -0.2) is 4.79 Å². The van der Waals surface area contributed by atoms with Crippen molar-refractivity contribution in [1.29, 1.82) is 0 Å². The Labute approximate surface area is 136 Å². The number of likely N-dealkylation sites (tertiary alicyclic amines) is 1. The molecule has 0 spiro atoms. The molecule has 1 saturated heterocycles. The van der Waals surface area contributed by atoms with E-state index in [2.05, 4.69) is 19.2 Å². The zero-order chi connectivity index (χ0) is 16.3. The molecule has 0 aromatic heterocycles. The highest BCUT2D eigenvalue weighted by Gasteiger charge is 2.33. The van der Waals surface area contributed by atoms with Gasteiger partial charge in [-0.05, 0) is 72.6 Å². The molecule has 2 aliphatic rings. The van der Waals surface area contributed by atoms with Crippen molar-refractivity contribution in [3.05, 3.63) is 0 Å². The molecule has 4 nitrogen and oxygen atoms in total. The average molecular weight is 310 g/mol. The van der Waals surface area contributed by atoms with Crippen LogP contribution in [0.3, 0.4) is 0 Å². The van der Waals surface area contributed by atoms with Gasteiger partial charge in [0.15, 0.2) is 0 Å². The lowest BCUT2D eigenvalue weighted by atomic mass is 9.80. The molecule has 0 aromatic rings. The lowest BCUT2D eigenvalue weighted by Gasteiger charge is -2.35. The van der Waals surface area contributed by atoms with Crippen LogP contribution in [0.15, 0.2) is 0 Å². The van der Waals surface area contributed by atoms with E-state index in [1.807, 2.05) is 25.7 Å². The summed E-state index contributed by atoms with van der Waals surface area (Å²) in [6.45, 7) is 11.2. The Balaban J connectivity index is 1.81. The molecular weight excluding hydrogens is 276 g/mol. The van der Waals surface area contributed by atoms with E-state index in [4.69, 9.17) is 4.74 Å².